The van der Waals surface area contributed by atoms with E-state index in [9.17, 15) is 18.0 Å². The molecular formula is C24H30N4O4S. The van der Waals surface area contributed by atoms with Crippen LogP contribution in [0.25, 0.3) is 6.08 Å². The number of nitrogens with zero attached hydrogens (tertiary/aromatic N) is 2. The molecule has 33 heavy (non-hydrogen) atoms. The zero-order valence-corrected chi connectivity index (χ0v) is 19.7. The van der Waals surface area contributed by atoms with E-state index in [-0.39, 0.29) is 16.7 Å². The highest BCUT2D eigenvalue weighted by Crippen LogP contribution is 2.15. The van der Waals surface area contributed by atoms with Gasteiger partial charge in [0.2, 0.25) is 21.8 Å². The molecule has 176 valence electrons. The minimum atomic E-state index is -3.87. The van der Waals surface area contributed by atoms with E-state index in [0.717, 1.165) is 25.2 Å². The van der Waals surface area contributed by atoms with E-state index in [0.29, 0.717) is 18.8 Å². The number of carbonyl (C=O) groups excluding carboxylic acids is 2. The number of rotatable bonds is 8. The van der Waals surface area contributed by atoms with Gasteiger partial charge in [-0.05, 0) is 36.8 Å². The summed E-state index contributed by atoms with van der Waals surface area (Å²) in [6.07, 6.45) is 4.19. The summed E-state index contributed by atoms with van der Waals surface area (Å²) in [4.78, 5) is 27.9. The summed E-state index contributed by atoms with van der Waals surface area (Å²) in [6.45, 7) is 6.30. The second kappa shape index (κ2) is 11.2. The van der Waals surface area contributed by atoms with E-state index in [1.165, 1.54) is 31.2 Å². The van der Waals surface area contributed by atoms with Gasteiger partial charge >= 0.3 is 0 Å². The van der Waals surface area contributed by atoms with Gasteiger partial charge in [-0.15, -0.1) is 0 Å². The fourth-order valence-electron chi connectivity index (χ4n) is 3.60. The first-order valence-electron chi connectivity index (χ1n) is 10.9. The summed E-state index contributed by atoms with van der Waals surface area (Å²) >= 11 is 0. The highest BCUT2D eigenvalue weighted by Gasteiger charge is 2.28. The maximum atomic E-state index is 12.8. The molecule has 0 radical (unpaired) electrons. The fourth-order valence-corrected chi connectivity index (χ4v) is 4.80. The highest BCUT2D eigenvalue weighted by atomic mass is 32.2. The number of amides is 2. The van der Waals surface area contributed by atoms with Gasteiger partial charge in [-0.2, -0.15) is 4.72 Å². The Balaban J connectivity index is 1.49. The predicted octanol–water partition coefficient (Wildman–Crippen LogP) is 2.17. The summed E-state index contributed by atoms with van der Waals surface area (Å²) in [5, 5.41) is 2.59. The van der Waals surface area contributed by atoms with Crippen LogP contribution in [-0.2, 0) is 19.6 Å². The molecule has 1 aliphatic heterocycles. The number of sulfonamides is 1. The second-order valence-electron chi connectivity index (χ2n) is 7.99. The van der Waals surface area contributed by atoms with Crippen molar-refractivity contribution in [2.75, 3.05) is 38.0 Å². The Morgan fingerprint density at radius 2 is 1.64 bits per heavy atom. The highest BCUT2D eigenvalue weighted by molar-refractivity contribution is 7.89. The minimum Gasteiger partial charge on any atom is -0.339 e. The van der Waals surface area contributed by atoms with E-state index in [4.69, 9.17) is 0 Å². The van der Waals surface area contributed by atoms with Gasteiger partial charge in [0.05, 0.1) is 10.9 Å². The lowest BCUT2D eigenvalue weighted by Crippen LogP contribution is -2.54. The smallest absolute Gasteiger partial charge is 0.241 e. The van der Waals surface area contributed by atoms with Crippen molar-refractivity contribution in [1.29, 1.82) is 0 Å². The molecule has 2 aromatic rings. The van der Waals surface area contributed by atoms with E-state index in [2.05, 4.69) is 27.1 Å². The quantitative estimate of drug-likeness (QED) is 0.616. The topological polar surface area (TPSA) is 98.8 Å². The summed E-state index contributed by atoms with van der Waals surface area (Å²) in [6, 6.07) is 15.0. The number of carbonyl (C=O) groups is 2. The molecule has 2 aromatic carbocycles. The molecule has 1 saturated heterocycles. The van der Waals surface area contributed by atoms with Crippen molar-refractivity contribution in [3.05, 3.63) is 66.2 Å². The fraction of sp³-hybridized carbons (Fsp3) is 0.333. The standard InChI is InChI=1S/C24H30N4O4S/c1-19(26-33(31,32)23-12-10-22(11-13-23)25-20(2)29)24(30)28-17-15-27(16-18-28)14-6-9-21-7-4-3-5-8-21/h3-13,19,26H,14-18H2,1-2H3,(H,25,29)/t19-/m0/s1. The zero-order chi connectivity index (χ0) is 23.8. The lowest BCUT2D eigenvalue weighted by atomic mass is 10.2. The number of benzene rings is 2. The largest absolute Gasteiger partial charge is 0.339 e. The molecule has 0 unspecified atom stereocenters. The van der Waals surface area contributed by atoms with Crippen molar-refractivity contribution in [3.8, 4) is 0 Å². The summed E-state index contributed by atoms with van der Waals surface area (Å²) in [5.41, 5.74) is 1.65. The first-order chi connectivity index (χ1) is 15.7. The third kappa shape index (κ3) is 7.24. The van der Waals surface area contributed by atoms with Gasteiger partial charge in [-0.25, -0.2) is 8.42 Å². The Morgan fingerprint density at radius 3 is 2.24 bits per heavy atom. The van der Waals surface area contributed by atoms with Crippen LogP contribution in [0.1, 0.15) is 19.4 Å². The first kappa shape index (κ1) is 24.6. The van der Waals surface area contributed by atoms with Crippen LogP contribution in [0.3, 0.4) is 0 Å². The van der Waals surface area contributed by atoms with Gasteiger partial charge in [0, 0.05) is 45.3 Å². The number of hydrogen-bond acceptors (Lipinski definition) is 5. The van der Waals surface area contributed by atoms with Crippen LogP contribution in [0.15, 0.2) is 65.6 Å². The molecule has 1 fully saturated rings. The van der Waals surface area contributed by atoms with Crippen LogP contribution < -0.4 is 10.0 Å². The van der Waals surface area contributed by atoms with E-state index in [1.54, 1.807) is 11.8 Å². The van der Waals surface area contributed by atoms with E-state index in [1.807, 2.05) is 30.3 Å². The second-order valence-corrected chi connectivity index (χ2v) is 9.70. The molecule has 0 aromatic heterocycles. The molecule has 9 heteroatoms. The van der Waals surface area contributed by atoms with Crippen LogP contribution in [0, 0.1) is 0 Å². The minimum absolute atomic E-state index is 0.0336. The van der Waals surface area contributed by atoms with E-state index >= 15 is 0 Å². The molecule has 1 heterocycles. The summed E-state index contributed by atoms with van der Waals surface area (Å²) in [7, 11) is -3.87. The van der Waals surface area contributed by atoms with Crippen LogP contribution in [0.4, 0.5) is 5.69 Å². The number of nitrogens with one attached hydrogen (secondary N) is 2. The molecule has 0 aliphatic carbocycles. The van der Waals surface area contributed by atoms with Crippen molar-refractivity contribution >= 4 is 33.6 Å². The summed E-state index contributed by atoms with van der Waals surface area (Å²) in [5.74, 6) is -0.483. The van der Waals surface area contributed by atoms with Crippen LogP contribution in [-0.4, -0.2) is 68.8 Å². The Bertz CT molecular complexity index is 1080. The van der Waals surface area contributed by atoms with Gasteiger partial charge in [-0.3, -0.25) is 14.5 Å². The van der Waals surface area contributed by atoms with Gasteiger partial charge < -0.3 is 10.2 Å². The molecule has 8 nitrogen and oxygen atoms in total. The van der Waals surface area contributed by atoms with Crippen LogP contribution in [0.5, 0.6) is 0 Å². The van der Waals surface area contributed by atoms with Gasteiger partial charge in [-0.1, -0.05) is 42.5 Å². The Kier molecular flexibility index (Phi) is 8.37. The molecule has 1 aliphatic rings. The van der Waals surface area contributed by atoms with Crippen molar-refractivity contribution in [1.82, 2.24) is 14.5 Å². The molecule has 2 N–H and O–H groups in total. The number of hydrogen-bond donors (Lipinski definition) is 2. The maximum absolute atomic E-state index is 12.8. The number of anilines is 1. The van der Waals surface area contributed by atoms with Crippen molar-refractivity contribution in [2.24, 2.45) is 0 Å². The molecule has 3 rings (SSSR count). The van der Waals surface area contributed by atoms with Crippen LogP contribution in [0.2, 0.25) is 0 Å². The zero-order valence-electron chi connectivity index (χ0n) is 18.9. The van der Waals surface area contributed by atoms with Crippen molar-refractivity contribution < 1.29 is 18.0 Å². The van der Waals surface area contributed by atoms with Crippen molar-refractivity contribution in [2.45, 2.75) is 24.8 Å². The molecule has 0 saturated carbocycles. The Hall–Kier alpha value is -3.01. The van der Waals surface area contributed by atoms with Gasteiger partial charge in [0.1, 0.15) is 0 Å². The van der Waals surface area contributed by atoms with Crippen molar-refractivity contribution in [3.63, 3.8) is 0 Å². The van der Waals surface area contributed by atoms with E-state index < -0.39 is 16.1 Å². The Labute approximate surface area is 195 Å². The molecular weight excluding hydrogens is 440 g/mol. The SMILES string of the molecule is CC(=O)Nc1ccc(S(=O)(=O)N[C@@H](C)C(=O)N2CCN(CC=Cc3ccccc3)CC2)cc1. The molecule has 2 amide bonds. The maximum Gasteiger partial charge on any atom is 0.241 e. The normalized spacial score (nSPS) is 16.0. The average molecular weight is 471 g/mol. The number of piperazine rings is 1. The average Bonchev–Trinajstić information content (AvgIpc) is 2.79. The monoisotopic (exact) mass is 470 g/mol. The Morgan fingerprint density at radius 1 is 1.00 bits per heavy atom. The van der Waals surface area contributed by atoms with Gasteiger partial charge in [0.15, 0.2) is 0 Å². The predicted molar refractivity (Wildman–Crippen MR) is 129 cm³/mol. The molecule has 1 atom stereocenters. The molecule has 0 bridgehead atoms. The van der Waals surface area contributed by atoms with Gasteiger partial charge in [0.25, 0.3) is 0 Å². The lowest BCUT2D eigenvalue weighted by molar-refractivity contribution is -0.134. The summed E-state index contributed by atoms with van der Waals surface area (Å²) < 4.78 is 27.8. The third-order valence-electron chi connectivity index (χ3n) is 5.34. The lowest BCUT2D eigenvalue weighted by Gasteiger charge is -2.35. The third-order valence-corrected chi connectivity index (χ3v) is 6.90. The van der Waals surface area contributed by atoms with Crippen LogP contribution >= 0.6 is 0 Å². The molecule has 0 spiro atoms. The first-order valence-corrected chi connectivity index (χ1v) is 12.4.